The van der Waals surface area contributed by atoms with E-state index in [0.717, 1.165) is 10.4 Å². The molecule has 1 atom stereocenters. The minimum atomic E-state index is -0.663. The molecule has 1 aliphatic rings. The van der Waals surface area contributed by atoms with Crippen molar-refractivity contribution in [2.45, 2.75) is 25.8 Å². The summed E-state index contributed by atoms with van der Waals surface area (Å²) < 4.78 is 5.01. The summed E-state index contributed by atoms with van der Waals surface area (Å²) in [5.74, 6) is -0.518. The molecule has 8 heteroatoms. The molecule has 1 fully saturated rings. The predicted molar refractivity (Wildman–Crippen MR) is 120 cm³/mol. The standard InChI is InChI=1S/C23H29N3O4S/c1-16-5-3-6-18(15-16)21(27)25-20(22(28)24-10-13-30-2)17-8-11-26(12-9-17)23(29)19-7-4-14-31-19/h3-7,14-15,17,20H,8-13H2,1-2H3,(H,24,28)(H,25,27). The molecule has 1 aliphatic heterocycles. The first-order chi connectivity index (χ1) is 15.0. The van der Waals surface area contributed by atoms with Crippen LogP contribution in [0.15, 0.2) is 41.8 Å². The Balaban J connectivity index is 1.67. The molecule has 1 aromatic carbocycles. The van der Waals surface area contributed by atoms with Crippen LogP contribution >= 0.6 is 11.3 Å². The number of benzene rings is 1. The maximum atomic E-state index is 12.9. The molecule has 1 saturated heterocycles. The third-order valence-electron chi connectivity index (χ3n) is 5.48. The molecule has 31 heavy (non-hydrogen) atoms. The monoisotopic (exact) mass is 443 g/mol. The Bertz CT molecular complexity index is 892. The summed E-state index contributed by atoms with van der Waals surface area (Å²) in [6.07, 6.45) is 1.29. The van der Waals surface area contributed by atoms with Gasteiger partial charge in [-0.2, -0.15) is 0 Å². The van der Waals surface area contributed by atoms with Gasteiger partial charge in [0.2, 0.25) is 5.91 Å². The number of thiophene rings is 1. The van der Waals surface area contributed by atoms with Gasteiger partial charge in [-0.05, 0) is 49.3 Å². The highest BCUT2D eigenvalue weighted by molar-refractivity contribution is 7.12. The molecule has 1 aromatic heterocycles. The van der Waals surface area contributed by atoms with Gasteiger partial charge >= 0.3 is 0 Å². The lowest BCUT2D eigenvalue weighted by atomic mass is 9.88. The Labute approximate surface area is 186 Å². The Morgan fingerprint density at radius 1 is 1.19 bits per heavy atom. The quantitative estimate of drug-likeness (QED) is 0.614. The summed E-state index contributed by atoms with van der Waals surface area (Å²) in [7, 11) is 1.57. The number of carbonyl (C=O) groups is 3. The minimum absolute atomic E-state index is 0.0262. The smallest absolute Gasteiger partial charge is 0.263 e. The first kappa shape index (κ1) is 23.0. The Morgan fingerprint density at radius 2 is 1.97 bits per heavy atom. The molecule has 166 valence electrons. The number of ether oxygens (including phenoxy) is 1. The first-order valence-electron chi connectivity index (χ1n) is 10.5. The van der Waals surface area contributed by atoms with Crippen molar-refractivity contribution < 1.29 is 19.1 Å². The number of aryl methyl sites for hydroxylation is 1. The maximum absolute atomic E-state index is 12.9. The average Bonchev–Trinajstić information content (AvgIpc) is 3.32. The molecule has 3 rings (SSSR count). The van der Waals surface area contributed by atoms with Crippen LogP contribution in [0, 0.1) is 12.8 Å². The van der Waals surface area contributed by atoms with Crippen LogP contribution in [0.4, 0.5) is 0 Å². The molecule has 2 heterocycles. The van der Waals surface area contributed by atoms with E-state index >= 15 is 0 Å². The van der Waals surface area contributed by atoms with Gasteiger partial charge in [-0.25, -0.2) is 0 Å². The zero-order valence-electron chi connectivity index (χ0n) is 17.9. The van der Waals surface area contributed by atoms with Crippen molar-refractivity contribution >= 4 is 29.1 Å². The van der Waals surface area contributed by atoms with Crippen LogP contribution in [-0.2, 0) is 9.53 Å². The number of nitrogens with zero attached hydrogens (tertiary/aromatic N) is 1. The molecular weight excluding hydrogens is 414 g/mol. The minimum Gasteiger partial charge on any atom is -0.383 e. The molecule has 0 radical (unpaired) electrons. The molecule has 7 nitrogen and oxygen atoms in total. The summed E-state index contributed by atoms with van der Waals surface area (Å²) in [5, 5.41) is 7.67. The van der Waals surface area contributed by atoms with Crippen molar-refractivity contribution in [1.29, 1.82) is 0 Å². The first-order valence-corrected chi connectivity index (χ1v) is 11.3. The summed E-state index contributed by atoms with van der Waals surface area (Å²) in [5.41, 5.74) is 1.51. The third-order valence-corrected chi connectivity index (χ3v) is 6.34. The van der Waals surface area contributed by atoms with Crippen LogP contribution in [0.1, 0.15) is 38.4 Å². The van der Waals surface area contributed by atoms with Gasteiger partial charge in [0.25, 0.3) is 11.8 Å². The van der Waals surface area contributed by atoms with Gasteiger partial charge in [-0.15, -0.1) is 11.3 Å². The number of rotatable bonds is 8. The molecule has 0 saturated carbocycles. The van der Waals surface area contributed by atoms with Crippen molar-refractivity contribution in [1.82, 2.24) is 15.5 Å². The van der Waals surface area contributed by atoms with Crippen molar-refractivity contribution in [3.8, 4) is 0 Å². The lowest BCUT2D eigenvalue weighted by Crippen LogP contribution is -2.54. The topological polar surface area (TPSA) is 87.7 Å². The van der Waals surface area contributed by atoms with Crippen molar-refractivity contribution in [2.75, 3.05) is 33.4 Å². The molecule has 2 N–H and O–H groups in total. The summed E-state index contributed by atoms with van der Waals surface area (Å²) >= 11 is 1.43. The van der Waals surface area contributed by atoms with E-state index in [4.69, 9.17) is 4.74 Å². The van der Waals surface area contributed by atoms with E-state index in [1.54, 1.807) is 19.2 Å². The second-order valence-corrected chi connectivity index (χ2v) is 8.66. The number of likely N-dealkylation sites (tertiary alicyclic amines) is 1. The molecule has 2 aromatic rings. The summed E-state index contributed by atoms with van der Waals surface area (Å²) in [6.45, 7) is 3.82. The van der Waals surface area contributed by atoms with E-state index in [-0.39, 0.29) is 23.6 Å². The fourth-order valence-corrected chi connectivity index (χ4v) is 4.48. The SMILES string of the molecule is COCCNC(=O)C(NC(=O)c1cccc(C)c1)C1CCN(C(=O)c2cccs2)CC1. The van der Waals surface area contributed by atoms with E-state index in [9.17, 15) is 14.4 Å². The zero-order chi connectivity index (χ0) is 22.2. The Morgan fingerprint density at radius 3 is 2.61 bits per heavy atom. The van der Waals surface area contributed by atoms with Gasteiger partial charge in [0.05, 0.1) is 11.5 Å². The van der Waals surface area contributed by atoms with Crippen LogP contribution in [0.2, 0.25) is 0 Å². The Hall–Kier alpha value is -2.71. The lowest BCUT2D eigenvalue weighted by molar-refractivity contribution is -0.124. The summed E-state index contributed by atoms with van der Waals surface area (Å²) in [6, 6.07) is 10.3. The number of piperidine rings is 1. The van der Waals surface area contributed by atoms with Crippen LogP contribution in [0.3, 0.4) is 0 Å². The van der Waals surface area contributed by atoms with Crippen molar-refractivity contribution in [3.05, 3.63) is 57.8 Å². The van der Waals surface area contributed by atoms with Gasteiger partial charge in [-0.3, -0.25) is 14.4 Å². The Kier molecular flexibility index (Phi) is 8.20. The average molecular weight is 444 g/mol. The number of methoxy groups -OCH3 is 1. The normalized spacial score (nSPS) is 15.4. The highest BCUT2D eigenvalue weighted by atomic mass is 32.1. The fraction of sp³-hybridized carbons (Fsp3) is 0.435. The number of nitrogens with one attached hydrogen (secondary N) is 2. The van der Waals surface area contributed by atoms with E-state index in [2.05, 4.69) is 10.6 Å². The second kappa shape index (κ2) is 11.1. The highest BCUT2D eigenvalue weighted by Crippen LogP contribution is 2.24. The largest absolute Gasteiger partial charge is 0.383 e. The predicted octanol–water partition coefficient (Wildman–Crippen LogP) is 2.47. The van der Waals surface area contributed by atoms with E-state index in [1.165, 1.54) is 11.3 Å². The molecule has 0 bridgehead atoms. The number of hydrogen-bond donors (Lipinski definition) is 2. The number of carbonyl (C=O) groups excluding carboxylic acids is 3. The van der Waals surface area contributed by atoms with Crippen molar-refractivity contribution in [3.63, 3.8) is 0 Å². The summed E-state index contributed by atoms with van der Waals surface area (Å²) in [4.78, 5) is 40.9. The van der Waals surface area contributed by atoms with Gasteiger partial charge in [-0.1, -0.05) is 23.8 Å². The third kappa shape index (κ3) is 6.15. The highest BCUT2D eigenvalue weighted by Gasteiger charge is 2.34. The molecule has 3 amide bonds. The van der Waals surface area contributed by atoms with Gasteiger partial charge in [0.1, 0.15) is 6.04 Å². The molecular formula is C23H29N3O4S. The fourth-order valence-electron chi connectivity index (χ4n) is 3.79. The van der Waals surface area contributed by atoms with Crippen LogP contribution in [0.5, 0.6) is 0 Å². The van der Waals surface area contributed by atoms with E-state index in [1.807, 2.05) is 41.5 Å². The van der Waals surface area contributed by atoms with Crippen LogP contribution < -0.4 is 10.6 Å². The molecule has 0 aliphatic carbocycles. The van der Waals surface area contributed by atoms with Gasteiger partial charge in [0.15, 0.2) is 0 Å². The maximum Gasteiger partial charge on any atom is 0.263 e. The van der Waals surface area contributed by atoms with Gasteiger partial charge in [0, 0.05) is 32.3 Å². The van der Waals surface area contributed by atoms with Crippen LogP contribution in [0.25, 0.3) is 0 Å². The second-order valence-electron chi connectivity index (χ2n) is 7.71. The number of amides is 3. The van der Waals surface area contributed by atoms with Crippen molar-refractivity contribution in [2.24, 2.45) is 5.92 Å². The molecule has 1 unspecified atom stereocenters. The van der Waals surface area contributed by atoms with Crippen LogP contribution in [-0.4, -0.2) is 62.0 Å². The zero-order valence-corrected chi connectivity index (χ0v) is 18.7. The number of hydrogen-bond acceptors (Lipinski definition) is 5. The van der Waals surface area contributed by atoms with E-state index in [0.29, 0.717) is 44.6 Å². The van der Waals surface area contributed by atoms with Gasteiger partial charge < -0.3 is 20.3 Å². The van der Waals surface area contributed by atoms with E-state index < -0.39 is 6.04 Å². The molecule has 0 spiro atoms. The lowest BCUT2D eigenvalue weighted by Gasteiger charge is -2.35.